The maximum Gasteiger partial charge on any atom is 0.267 e. The van der Waals surface area contributed by atoms with Crippen LogP contribution in [0.4, 0.5) is 5.69 Å². The highest BCUT2D eigenvalue weighted by Crippen LogP contribution is 2.18. The lowest BCUT2D eigenvalue weighted by Gasteiger charge is -2.25. The fourth-order valence-corrected chi connectivity index (χ4v) is 3.79. The molecular weight excluding hydrogens is 380 g/mol. The lowest BCUT2D eigenvalue weighted by molar-refractivity contribution is 0.0950. The number of carbonyl (C=O) groups is 1. The zero-order chi connectivity index (χ0) is 20.6. The molecule has 0 fully saturated rings. The standard InChI is InChI=1S/C19H28N4O4S/c1-4-23(18-8-6-5-7-15(18)2)11-9-20-19(24)17-13-16(14-21-17)28(25,26)22-10-12-27-3/h5-8,13-14,21-22H,4,9-12H2,1-3H3,(H,20,24). The van der Waals surface area contributed by atoms with Gasteiger partial charge in [0.25, 0.3) is 5.91 Å². The van der Waals surface area contributed by atoms with Crippen LogP contribution in [-0.4, -0.2) is 59.2 Å². The molecule has 2 rings (SSSR count). The minimum Gasteiger partial charge on any atom is -0.383 e. The van der Waals surface area contributed by atoms with Gasteiger partial charge in [-0.15, -0.1) is 0 Å². The van der Waals surface area contributed by atoms with Crippen molar-refractivity contribution in [2.45, 2.75) is 18.7 Å². The van der Waals surface area contributed by atoms with E-state index >= 15 is 0 Å². The molecule has 0 saturated carbocycles. The first-order valence-corrected chi connectivity index (χ1v) is 10.6. The van der Waals surface area contributed by atoms with Gasteiger partial charge in [-0.2, -0.15) is 0 Å². The first-order chi connectivity index (χ1) is 13.4. The minimum atomic E-state index is -3.67. The number of aromatic nitrogens is 1. The number of ether oxygens (including phenoxy) is 1. The third kappa shape index (κ3) is 5.82. The first kappa shape index (κ1) is 21.9. The van der Waals surface area contributed by atoms with Gasteiger partial charge in [0, 0.05) is 45.2 Å². The molecule has 0 spiro atoms. The quantitative estimate of drug-likeness (QED) is 0.489. The molecule has 1 aromatic carbocycles. The first-order valence-electron chi connectivity index (χ1n) is 9.14. The molecule has 0 atom stereocenters. The zero-order valence-corrected chi connectivity index (χ0v) is 17.3. The van der Waals surface area contributed by atoms with Crippen molar-refractivity contribution in [3.63, 3.8) is 0 Å². The number of benzene rings is 1. The molecule has 0 aliphatic heterocycles. The zero-order valence-electron chi connectivity index (χ0n) is 16.5. The highest BCUT2D eigenvalue weighted by Gasteiger charge is 2.18. The van der Waals surface area contributed by atoms with E-state index in [-0.39, 0.29) is 29.6 Å². The van der Waals surface area contributed by atoms with Crippen molar-refractivity contribution in [3.05, 3.63) is 47.8 Å². The summed E-state index contributed by atoms with van der Waals surface area (Å²) in [6.45, 7) is 6.46. The molecule has 2 aromatic rings. The lowest BCUT2D eigenvalue weighted by atomic mass is 10.2. The molecule has 0 saturated heterocycles. The second-order valence-corrected chi connectivity index (χ2v) is 8.03. The van der Waals surface area contributed by atoms with E-state index in [0.29, 0.717) is 13.1 Å². The van der Waals surface area contributed by atoms with Crippen LogP contribution in [0.5, 0.6) is 0 Å². The molecule has 154 valence electrons. The van der Waals surface area contributed by atoms with Gasteiger partial charge in [0.15, 0.2) is 0 Å². The molecule has 3 N–H and O–H groups in total. The summed E-state index contributed by atoms with van der Waals surface area (Å²) in [4.78, 5) is 17.2. The van der Waals surface area contributed by atoms with Crippen LogP contribution in [0.2, 0.25) is 0 Å². The Labute approximate surface area is 166 Å². The molecule has 0 aliphatic carbocycles. The van der Waals surface area contributed by atoms with E-state index in [1.165, 1.54) is 24.9 Å². The number of aromatic amines is 1. The number of nitrogens with zero attached hydrogens (tertiary/aromatic N) is 1. The SMILES string of the molecule is CCN(CCNC(=O)c1cc(S(=O)(=O)NCCOC)c[nH]1)c1ccccc1C. The monoisotopic (exact) mass is 408 g/mol. The summed E-state index contributed by atoms with van der Waals surface area (Å²) in [7, 11) is -2.18. The Bertz CT molecular complexity index is 880. The van der Waals surface area contributed by atoms with Gasteiger partial charge in [-0.3, -0.25) is 4.79 Å². The number of rotatable bonds is 11. The number of likely N-dealkylation sites (N-methyl/N-ethyl adjacent to an activating group) is 1. The molecule has 1 heterocycles. The van der Waals surface area contributed by atoms with Crippen LogP contribution in [0.25, 0.3) is 0 Å². The summed E-state index contributed by atoms with van der Waals surface area (Å²) in [6.07, 6.45) is 1.30. The maximum atomic E-state index is 12.3. The van der Waals surface area contributed by atoms with E-state index in [2.05, 4.69) is 45.9 Å². The van der Waals surface area contributed by atoms with Crippen LogP contribution in [-0.2, 0) is 14.8 Å². The summed E-state index contributed by atoms with van der Waals surface area (Å²) >= 11 is 0. The van der Waals surface area contributed by atoms with E-state index in [0.717, 1.165) is 12.2 Å². The van der Waals surface area contributed by atoms with Crippen molar-refractivity contribution in [2.75, 3.05) is 44.8 Å². The lowest BCUT2D eigenvalue weighted by Crippen LogP contribution is -2.35. The van der Waals surface area contributed by atoms with Crippen molar-refractivity contribution in [1.82, 2.24) is 15.0 Å². The molecule has 0 aliphatic rings. The third-order valence-corrected chi connectivity index (χ3v) is 5.76. The number of aryl methyl sites for hydroxylation is 1. The smallest absolute Gasteiger partial charge is 0.267 e. The number of hydrogen-bond acceptors (Lipinski definition) is 5. The highest BCUT2D eigenvalue weighted by molar-refractivity contribution is 7.89. The molecule has 0 bridgehead atoms. The minimum absolute atomic E-state index is 0.0175. The number of methoxy groups -OCH3 is 1. The number of sulfonamides is 1. The van der Waals surface area contributed by atoms with Crippen LogP contribution >= 0.6 is 0 Å². The van der Waals surface area contributed by atoms with Crippen LogP contribution in [0.3, 0.4) is 0 Å². The van der Waals surface area contributed by atoms with E-state index in [1.54, 1.807) is 0 Å². The van der Waals surface area contributed by atoms with Crippen molar-refractivity contribution in [1.29, 1.82) is 0 Å². The van der Waals surface area contributed by atoms with Crippen LogP contribution < -0.4 is 14.9 Å². The summed E-state index contributed by atoms with van der Waals surface area (Å²) < 4.78 is 31.5. The molecule has 28 heavy (non-hydrogen) atoms. The molecular formula is C19H28N4O4S. The topological polar surface area (TPSA) is 104 Å². The van der Waals surface area contributed by atoms with Gasteiger partial charge in [-0.1, -0.05) is 18.2 Å². The molecule has 1 amide bonds. The number of nitrogens with one attached hydrogen (secondary N) is 3. The van der Waals surface area contributed by atoms with Gasteiger partial charge in [0.2, 0.25) is 10.0 Å². The number of amides is 1. The van der Waals surface area contributed by atoms with Gasteiger partial charge >= 0.3 is 0 Å². The van der Waals surface area contributed by atoms with Gasteiger partial charge in [0.1, 0.15) is 10.6 Å². The van der Waals surface area contributed by atoms with Gasteiger partial charge in [-0.05, 0) is 31.5 Å². The number of para-hydroxylation sites is 1. The predicted molar refractivity (Wildman–Crippen MR) is 109 cm³/mol. The van der Waals surface area contributed by atoms with Crippen LogP contribution in [0.15, 0.2) is 41.4 Å². The van der Waals surface area contributed by atoms with Gasteiger partial charge in [-0.25, -0.2) is 13.1 Å². The Hall–Kier alpha value is -2.36. The van der Waals surface area contributed by atoms with Gasteiger partial charge in [0.05, 0.1) is 6.61 Å². The molecule has 9 heteroatoms. The van der Waals surface area contributed by atoms with E-state index in [1.807, 2.05) is 12.1 Å². The number of carbonyl (C=O) groups excluding carboxylic acids is 1. The summed E-state index contributed by atoms with van der Waals surface area (Å²) in [6, 6.07) is 9.42. The van der Waals surface area contributed by atoms with Crippen LogP contribution in [0.1, 0.15) is 23.0 Å². The van der Waals surface area contributed by atoms with Crippen LogP contribution in [0, 0.1) is 6.92 Å². The normalized spacial score (nSPS) is 11.4. The Morgan fingerprint density at radius 1 is 1.25 bits per heavy atom. The van der Waals surface area contributed by atoms with Gasteiger partial charge < -0.3 is 19.9 Å². The second-order valence-electron chi connectivity index (χ2n) is 6.26. The van der Waals surface area contributed by atoms with E-state index < -0.39 is 10.0 Å². The molecule has 0 unspecified atom stereocenters. The average molecular weight is 409 g/mol. The van der Waals surface area contributed by atoms with Crippen molar-refractivity contribution in [2.24, 2.45) is 0 Å². The Morgan fingerprint density at radius 3 is 2.68 bits per heavy atom. The highest BCUT2D eigenvalue weighted by atomic mass is 32.2. The predicted octanol–water partition coefficient (Wildman–Crippen LogP) is 1.50. The fourth-order valence-electron chi connectivity index (χ4n) is 2.79. The Balaban J connectivity index is 1.91. The summed E-state index contributed by atoms with van der Waals surface area (Å²) in [5.41, 5.74) is 2.51. The molecule has 8 nitrogen and oxygen atoms in total. The Kier molecular flexibility index (Phi) is 8.04. The molecule has 0 radical (unpaired) electrons. The number of hydrogen-bond donors (Lipinski definition) is 3. The average Bonchev–Trinajstić information content (AvgIpc) is 3.17. The summed E-state index contributed by atoms with van der Waals surface area (Å²) in [5.74, 6) is -0.348. The summed E-state index contributed by atoms with van der Waals surface area (Å²) in [5, 5.41) is 2.82. The maximum absolute atomic E-state index is 12.3. The fraction of sp³-hybridized carbons (Fsp3) is 0.421. The Morgan fingerprint density at radius 2 is 2.00 bits per heavy atom. The molecule has 1 aromatic heterocycles. The third-order valence-electron chi connectivity index (χ3n) is 4.31. The van der Waals surface area contributed by atoms with Crippen molar-refractivity contribution < 1.29 is 17.9 Å². The largest absolute Gasteiger partial charge is 0.383 e. The number of anilines is 1. The van der Waals surface area contributed by atoms with E-state index in [4.69, 9.17) is 4.74 Å². The van der Waals surface area contributed by atoms with E-state index in [9.17, 15) is 13.2 Å². The van der Waals surface area contributed by atoms with Crippen molar-refractivity contribution in [3.8, 4) is 0 Å². The number of H-pyrrole nitrogens is 1. The second kappa shape index (κ2) is 10.3. The van der Waals surface area contributed by atoms with Crippen molar-refractivity contribution >= 4 is 21.6 Å².